The standard InChI is InChI=1S/C16H19NO4/c1-9(2)13-15(19)12(16(20)17(13)3)14(18)10-7-5-6-8-11(10)21-4/h5-9,13,18H,1-4H3/b14-12-. The molecular formula is C16H19NO4. The van der Waals surface area contributed by atoms with Crippen LogP contribution in [0.4, 0.5) is 0 Å². The van der Waals surface area contributed by atoms with E-state index in [-0.39, 0.29) is 23.0 Å². The molecule has 1 fully saturated rings. The number of nitrogens with zero attached hydrogens (tertiary/aromatic N) is 1. The molecule has 1 N–H and O–H groups in total. The third kappa shape index (κ3) is 2.39. The number of likely N-dealkylation sites (tertiary alicyclic amines) is 1. The Morgan fingerprint density at radius 1 is 1.29 bits per heavy atom. The van der Waals surface area contributed by atoms with E-state index in [0.29, 0.717) is 11.3 Å². The molecule has 1 aromatic carbocycles. The number of hydrogen-bond donors (Lipinski definition) is 1. The van der Waals surface area contributed by atoms with Crippen LogP contribution in [0, 0.1) is 5.92 Å². The number of aliphatic hydroxyl groups is 1. The van der Waals surface area contributed by atoms with Gasteiger partial charge in [0.15, 0.2) is 5.78 Å². The van der Waals surface area contributed by atoms with E-state index < -0.39 is 11.9 Å². The molecule has 0 radical (unpaired) electrons. The molecule has 1 amide bonds. The second-order valence-electron chi connectivity index (χ2n) is 5.39. The maximum atomic E-state index is 12.5. The Morgan fingerprint density at radius 3 is 2.43 bits per heavy atom. The fourth-order valence-electron chi connectivity index (χ4n) is 2.67. The first-order chi connectivity index (χ1) is 9.90. The highest BCUT2D eigenvalue weighted by Crippen LogP contribution is 2.32. The summed E-state index contributed by atoms with van der Waals surface area (Å²) < 4.78 is 5.17. The van der Waals surface area contributed by atoms with Gasteiger partial charge < -0.3 is 14.7 Å². The number of para-hydroxylation sites is 1. The van der Waals surface area contributed by atoms with Gasteiger partial charge in [0.2, 0.25) is 0 Å². The lowest BCUT2D eigenvalue weighted by atomic mass is 9.97. The highest BCUT2D eigenvalue weighted by Gasteiger charge is 2.44. The molecule has 5 nitrogen and oxygen atoms in total. The highest BCUT2D eigenvalue weighted by atomic mass is 16.5. The van der Waals surface area contributed by atoms with Gasteiger partial charge in [0.25, 0.3) is 5.91 Å². The number of aliphatic hydroxyl groups excluding tert-OH is 1. The van der Waals surface area contributed by atoms with Crippen LogP contribution in [0.2, 0.25) is 0 Å². The molecule has 1 aliphatic rings. The number of Topliss-reactive ketones (excluding diaryl/α,β-unsaturated/α-hetero) is 1. The second kappa shape index (κ2) is 5.60. The summed E-state index contributed by atoms with van der Waals surface area (Å²) in [5, 5.41) is 10.4. The van der Waals surface area contributed by atoms with E-state index in [1.54, 1.807) is 31.3 Å². The second-order valence-corrected chi connectivity index (χ2v) is 5.39. The third-order valence-corrected chi connectivity index (χ3v) is 3.70. The average molecular weight is 289 g/mol. The number of carbonyl (C=O) groups is 2. The largest absolute Gasteiger partial charge is 0.506 e. The first-order valence-corrected chi connectivity index (χ1v) is 6.78. The predicted molar refractivity (Wildman–Crippen MR) is 78.9 cm³/mol. The van der Waals surface area contributed by atoms with E-state index in [2.05, 4.69) is 0 Å². The number of benzene rings is 1. The summed E-state index contributed by atoms with van der Waals surface area (Å²) in [6.45, 7) is 3.74. The van der Waals surface area contributed by atoms with Crippen molar-refractivity contribution in [3.63, 3.8) is 0 Å². The number of carbonyl (C=O) groups excluding carboxylic acids is 2. The lowest BCUT2D eigenvalue weighted by Gasteiger charge is -2.20. The summed E-state index contributed by atoms with van der Waals surface area (Å²) >= 11 is 0. The van der Waals surface area contributed by atoms with E-state index in [4.69, 9.17) is 4.74 Å². The Morgan fingerprint density at radius 2 is 1.90 bits per heavy atom. The molecular weight excluding hydrogens is 270 g/mol. The lowest BCUT2D eigenvalue weighted by molar-refractivity contribution is -0.126. The van der Waals surface area contributed by atoms with Crippen LogP contribution in [0.3, 0.4) is 0 Å². The molecule has 0 aliphatic carbocycles. The van der Waals surface area contributed by atoms with E-state index in [1.807, 2.05) is 13.8 Å². The van der Waals surface area contributed by atoms with Gasteiger partial charge in [-0.05, 0) is 18.1 Å². The molecule has 0 spiro atoms. The molecule has 2 rings (SSSR count). The van der Waals surface area contributed by atoms with E-state index in [0.717, 1.165) is 0 Å². The first kappa shape index (κ1) is 15.1. The normalized spacial score (nSPS) is 21.2. The number of ketones is 1. The number of ether oxygens (including phenoxy) is 1. The van der Waals surface area contributed by atoms with Gasteiger partial charge in [-0.2, -0.15) is 0 Å². The van der Waals surface area contributed by atoms with Gasteiger partial charge in [0.05, 0.1) is 18.7 Å². The van der Waals surface area contributed by atoms with Gasteiger partial charge in [-0.1, -0.05) is 26.0 Å². The van der Waals surface area contributed by atoms with E-state index in [9.17, 15) is 14.7 Å². The lowest BCUT2D eigenvalue weighted by Crippen LogP contribution is -2.36. The van der Waals surface area contributed by atoms with Crippen molar-refractivity contribution in [2.75, 3.05) is 14.2 Å². The van der Waals surface area contributed by atoms with Gasteiger partial charge in [0, 0.05) is 7.05 Å². The first-order valence-electron chi connectivity index (χ1n) is 6.78. The molecule has 112 valence electrons. The topological polar surface area (TPSA) is 66.8 Å². The summed E-state index contributed by atoms with van der Waals surface area (Å²) in [5.41, 5.74) is 0.176. The van der Waals surface area contributed by atoms with Crippen molar-refractivity contribution < 1.29 is 19.4 Å². The van der Waals surface area contributed by atoms with Crippen molar-refractivity contribution in [1.29, 1.82) is 0 Å². The van der Waals surface area contributed by atoms with Gasteiger partial charge in [-0.25, -0.2) is 0 Å². The van der Waals surface area contributed by atoms with Crippen LogP contribution in [0.5, 0.6) is 5.75 Å². The smallest absolute Gasteiger partial charge is 0.261 e. The van der Waals surface area contributed by atoms with E-state index >= 15 is 0 Å². The zero-order chi connectivity index (χ0) is 15.7. The zero-order valence-corrected chi connectivity index (χ0v) is 12.6. The minimum atomic E-state index is -0.538. The highest BCUT2D eigenvalue weighted by molar-refractivity contribution is 6.30. The van der Waals surface area contributed by atoms with Crippen LogP contribution in [0.25, 0.3) is 5.76 Å². The molecule has 0 aromatic heterocycles. The maximum absolute atomic E-state index is 12.5. The summed E-state index contributed by atoms with van der Waals surface area (Å²) in [6, 6.07) is 6.21. The van der Waals surface area contributed by atoms with Crippen LogP contribution in [-0.4, -0.2) is 41.9 Å². The molecule has 0 saturated carbocycles. The van der Waals surface area contributed by atoms with Crippen molar-refractivity contribution in [3.8, 4) is 5.75 Å². The van der Waals surface area contributed by atoms with Gasteiger partial charge in [-0.3, -0.25) is 9.59 Å². The van der Waals surface area contributed by atoms with Crippen LogP contribution in [0.1, 0.15) is 19.4 Å². The molecule has 5 heteroatoms. The van der Waals surface area contributed by atoms with Crippen molar-refractivity contribution in [2.24, 2.45) is 5.92 Å². The number of methoxy groups -OCH3 is 1. The fraction of sp³-hybridized carbons (Fsp3) is 0.375. The number of amides is 1. The van der Waals surface area contributed by atoms with Gasteiger partial charge in [-0.15, -0.1) is 0 Å². The molecule has 1 aliphatic heterocycles. The maximum Gasteiger partial charge on any atom is 0.261 e. The molecule has 1 atom stereocenters. The van der Waals surface area contributed by atoms with Crippen molar-refractivity contribution in [3.05, 3.63) is 35.4 Å². The molecule has 1 aromatic rings. The Labute approximate surface area is 123 Å². The van der Waals surface area contributed by atoms with Crippen LogP contribution < -0.4 is 4.74 Å². The van der Waals surface area contributed by atoms with Crippen molar-refractivity contribution in [1.82, 2.24) is 4.90 Å². The fourth-order valence-corrected chi connectivity index (χ4v) is 2.67. The summed E-state index contributed by atoms with van der Waals surface area (Å²) in [6.07, 6.45) is 0. The van der Waals surface area contributed by atoms with Crippen molar-refractivity contribution >= 4 is 17.4 Å². The molecule has 1 saturated heterocycles. The van der Waals surface area contributed by atoms with Crippen LogP contribution in [0.15, 0.2) is 29.8 Å². The summed E-state index contributed by atoms with van der Waals surface area (Å²) in [7, 11) is 3.05. The molecule has 21 heavy (non-hydrogen) atoms. The molecule has 1 heterocycles. The monoisotopic (exact) mass is 289 g/mol. The van der Waals surface area contributed by atoms with Gasteiger partial charge >= 0.3 is 0 Å². The number of rotatable bonds is 3. The minimum Gasteiger partial charge on any atom is -0.506 e. The van der Waals surface area contributed by atoms with Gasteiger partial charge in [0.1, 0.15) is 17.1 Å². The zero-order valence-electron chi connectivity index (χ0n) is 12.6. The van der Waals surface area contributed by atoms with Crippen molar-refractivity contribution in [2.45, 2.75) is 19.9 Å². The Hall–Kier alpha value is -2.30. The minimum absolute atomic E-state index is 0.0191. The Kier molecular flexibility index (Phi) is 4.02. The summed E-state index contributed by atoms with van der Waals surface area (Å²) in [5.74, 6) is -0.728. The molecule has 0 bridgehead atoms. The number of likely N-dealkylation sites (N-methyl/N-ethyl adjacent to an activating group) is 1. The SMILES string of the molecule is COc1ccccc1/C(O)=C1\C(=O)C(C(C)C)N(C)C1=O. The quantitative estimate of drug-likeness (QED) is 0.525. The van der Waals surface area contributed by atoms with Crippen LogP contribution >= 0.6 is 0 Å². The summed E-state index contributed by atoms with van der Waals surface area (Å²) in [4.78, 5) is 26.1. The van der Waals surface area contributed by atoms with Crippen LogP contribution in [-0.2, 0) is 9.59 Å². The van der Waals surface area contributed by atoms with E-state index in [1.165, 1.54) is 12.0 Å². The number of hydrogen-bond acceptors (Lipinski definition) is 4. The third-order valence-electron chi connectivity index (χ3n) is 3.70. The average Bonchev–Trinajstić information content (AvgIpc) is 2.68. The predicted octanol–water partition coefficient (Wildman–Crippen LogP) is 2.03. The molecule has 1 unspecified atom stereocenters. The Balaban J connectivity index is 2.57. The Bertz CT molecular complexity index is 618.